The number of nitrogens with one attached hydrogen (secondary N) is 1. The fourth-order valence-corrected chi connectivity index (χ4v) is 11.1. The summed E-state index contributed by atoms with van der Waals surface area (Å²) in [5.41, 5.74) is 0. The van der Waals surface area contributed by atoms with Gasteiger partial charge in [-0.2, -0.15) is 0 Å². The van der Waals surface area contributed by atoms with Crippen molar-refractivity contribution in [2.75, 3.05) is 40.9 Å². The fraction of sp³-hybridized carbons (Fsp3) is 0.871. The molecule has 0 fully saturated rings. The summed E-state index contributed by atoms with van der Waals surface area (Å²) < 4.78 is 23.4. The van der Waals surface area contributed by atoms with Crippen LogP contribution in [0.5, 0.6) is 0 Å². The summed E-state index contributed by atoms with van der Waals surface area (Å²) in [6.07, 6.45) is 82.3. The number of aliphatic hydroxyl groups is 1. The van der Waals surface area contributed by atoms with Crippen molar-refractivity contribution in [2.45, 2.75) is 353 Å². The van der Waals surface area contributed by atoms with Crippen LogP contribution in [0.1, 0.15) is 341 Å². The molecule has 3 atom stereocenters. The minimum absolute atomic E-state index is 0.00537. The van der Waals surface area contributed by atoms with Crippen LogP contribution in [0.15, 0.2) is 48.6 Å². The normalized spacial score (nSPS) is 14.0. The summed E-state index contributed by atoms with van der Waals surface area (Å²) in [4.78, 5) is 25.6. The molecule has 0 saturated heterocycles. The van der Waals surface area contributed by atoms with Crippen molar-refractivity contribution in [1.29, 1.82) is 0 Å². The molecule has 3 unspecified atom stereocenters. The zero-order valence-electron chi connectivity index (χ0n) is 53.3. The molecule has 8 nitrogen and oxygen atoms in total. The van der Waals surface area contributed by atoms with Crippen LogP contribution in [0.4, 0.5) is 0 Å². The number of likely N-dealkylation sites (N-methyl/N-ethyl adjacent to an activating group) is 1. The van der Waals surface area contributed by atoms with Gasteiger partial charge in [0.15, 0.2) is 0 Å². The lowest BCUT2D eigenvalue weighted by molar-refractivity contribution is -0.870. The maximum absolute atomic E-state index is 13.0. The first-order valence-electron chi connectivity index (χ1n) is 34.5. The minimum Gasteiger partial charge on any atom is -0.756 e. The Labute approximate surface area is 492 Å². The SMILES string of the molecule is CCCCCCC/C=C\C/C=C\CCCCCCCCCCCCCCCCCCCCCC(=O)NC(COP(=O)([O-])OCC[N+](C)(C)C)C(O)/C=C/CC/C=C/CCCCCCCCCCCCCCCCCCCCCC. The zero-order chi connectivity index (χ0) is 57.7. The van der Waals surface area contributed by atoms with Crippen molar-refractivity contribution < 1.29 is 32.9 Å². The van der Waals surface area contributed by atoms with E-state index in [1.807, 2.05) is 27.2 Å². The molecular formula is C70H135N2O6P. The van der Waals surface area contributed by atoms with Crippen LogP contribution in [-0.2, 0) is 18.4 Å². The summed E-state index contributed by atoms with van der Waals surface area (Å²) in [6.45, 7) is 4.67. The van der Waals surface area contributed by atoms with Gasteiger partial charge in [0.25, 0.3) is 7.82 Å². The number of rotatable bonds is 64. The molecule has 0 heterocycles. The first-order valence-corrected chi connectivity index (χ1v) is 36.0. The molecule has 466 valence electrons. The molecule has 0 spiro atoms. The quantitative estimate of drug-likeness (QED) is 0.0272. The van der Waals surface area contributed by atoms with Crippen LogP contribution in [0.2, 0.25) is 0 Å². The Kier molecular flexibility index (Phi) is 59.8. The smallest absolute Gasteiger partial charge is 0.268 e. The molecule has 0 aromatic rings. The molecule has 0 aliphatic rings. The average Bonchev–Trinajstić information content (AvgIpc) is 3.42. The van der Waals surface area contributed by atoms with Gasteiger partial charge >= 0.3 is 0 Å². The van der Waals surface area contributed by atoms with Crippen molar-refractivity contribution in [3.8, 4) is 0 Å². The Morgan fingerprint density at radius 3 is 1.10 bits per heavy atom. The molecule has 0 aliphatic heterocycles. The van der Waals surface area contributed by atoms with Crippen LogP contribution in [0.3, 0.4) is 0 Å². The highest BCUT2D eigenvalue weighted by molar-refractivity contribution is 7.45. The second kappa shape index (κ2) is 61.0. The summed E-state index contributed by atoms with van der Waals surface area (Å²) in [5.74, 6) is -0.201. The highest BCUT2D eigenvalue weighted by Crippen LogP contribution is 2.38. The van der Waals surface area contributed by atoms with Crippen molar-refractivity contribution in [3.63, 3.8) is 0 Å². The number of nitrogens with zero attached hydrogens (tertiary/aromatic N) is 1. The molecule has 0 radical (unpaired) electrons. The predicted octanol–water partition coefficient (Wildman–Crippen LogP) is 21.2. The topological polar surface area (TPSA) is 108 Å². The van der Waals surface area contributed by atoms with Crippen LogP contribution in [0, 0.1) is 0 Å². The van der Waals surface area contributed by atoms with Crippen molar-refractivity contribution in [3.05, 3.63) is 48.6 Å². The molecule has 0 aromatic heterocycles. The molecule has 0 aliphatic carbocycles. The van der Waals surface area contributed by atoms with Gasteiger partial charge in [0, 0.05) is 6.42 Å². The molecule has 0 aromatic carbocycles. The summed E-state index contributed by atoms with van der Waals surface area (Å²) in [5, 5.41) is 13.9. The van der Waals surface area contributed by atoms with Crippen LogP contribution < -0.4 is 10.2 Å². The maximum Gasteiger partial charge on any atom is 0.268 e. The number of aliphatic hydroxyl groups excluding tert-OH is 1. The number of quaternary nitrogens is 1. The third-order valence-corrected chi connectivity index (χ3v) is 16.7. The Hall–Kier alpha value is -1.54. The number of amides is 1. The van der Waals surface area contributed by atoms with E-state index >= 15 is 0 Å². The van der Waals surface area contributed by atoms with Crippen molar-refractivity contribution >= 4 is 13.7 Å². The number of carbonyl (C=O) groups excluding carboxylic acids is 1. The number of hydrogen-bond acceptors (Lipinski definition) is 6. The lowest BCUT2D eigenvalue weighted by Crippen LogP contribution is -2.45. The molecule has 0 rings (SSSR count). The lowest BCUT2D eigenvalue weighted by Gasteiger charge is -2.29. The zero-order valence-corrected chi connectivity index (χ0v) is 54.2. The standard InChI is InChI=1S/C70H135N2O6P/c1-6-8-10-12-14-16-18-20-22-24-26-28-30-32-34-35-36-37-38-40-42-44-46-48-50-52-54-56-58-60-62-64-70(74)71-68(67-78-79(75,76)77-66-65-72(3,4)5)69(73)63-61-59-57-55-53-51-49-47-45-43-41-39-33-31-29-27-25-23-21-19-17-15-13-11-9-7-2/h18,20,24,26,53,55,61,63,68-69,73H,6-17,19,21-23,25,27-52,54,56-60,62,64-67H2,1-5H3,(H-,71,74,75,76)/b20-18-,26-24-,55-53+,63-61+. The number of hydrogen-bond donors (Lipinski definition) is 2. The highest BCUT2D eigenvalue weighted by atomic mass is 31.2. The van der Waals surface area contributed by atoms with Crippen molar-refractivity contribution in [2.24, 2.45) is 0 Å². The summed E-state index contributed by atoms with van der Waals surface area (Å²) in [6, 6.07) is -0.904. The number of carbonyl (C=O) groups is 1. The van der Waals surface area contributed by atoms with E-state index < -0.39 is 26.6 Å². The fourth-order valence-electron chi connectivity index (χ4n) is 10.4. The van der Waals surface area contributed by atoms with Gasteiger partial charge in [-0.3, -0.25) is 9.36 Å². The van der Waals surface area contributed by atoms with E-state index in [0.29, 0.717) is 17.4 Å². The second-order valence-electron chi connectivity index (χ2n) is 24.9. The Bertz CT molecular complexity index is 1430. The highest BCUT2D eigenvalue weighted by Gasteiger charge is 2.23. The van der Waals surface area contributed by atoms with Crippen LogP contribution in [0.25, 0.3) is 0 Å². The minimum atomic E-state index is -4.61. The molecule has 0 bridgehead atoms. The van der Waals surface area contributed by atoms with E-state index in [9.17, 15) is 19.4 Å². The van der Waals surface area contributed by atoms with E-state index in [-0.39, 0.29) is 12.5 Å². The van der Waals surface area contributed by atoms with Crippen LogP contribution >= 0.6 is 7.82 Å². The van der Waals surface area contributed by atoms with E-state index in [4.69, 9.17) is 9.05 Å². The summed E-state index contributed by atoms with van der Waals surface area (Å²) in [7, 11) is 1.26. The third-order valence-electron chi connectivity index (χ3n) is 15.8. The molecule has 9 heteroatoms. The number of phosphoric ester groups is 1. The monoisotopic (exact) mass is 1130 g/mol. The van der Waals surface area contributed by atoms with Crippen molar-refractivity contribution in [1.82, 2.24) is 5.32 Å². The largest absolute Gasteiger partial charge is 0.756 e. The van der Waals surface area contributed by atoms with E-state index in [2.05, 4.69) is 55.6 Å². The van der Waals surface area contributed by atoms with Gasteiger partial charge in [-0.1, -0.05) is 319 Å². The predicted molar refractivity (Wildman–Crippen MR) is 344 cm³/mol. The van der Waals surface area contributed by atoms with E-state index in [0.717, 1.165) is 44.9 Å². The molecular weight excluding hydrogens is 996 g/mol. The Morgan fingerprint density at radius 2 is 0.747 bits per heavy atom. The molecule has 1 amide bonds. The van der Waals surface area contributed by atoms with E-state index in [1.54, 1.807) is 6.08 Å². The first-order chi connectivity index (χ1) is 38.5. The summed E-state index contributed by atoms with van der Waals surface area (Å²) >= 11 is 0. The van der Waals surface area contributed by atoms with Gasteiger partial charge in [0.2, 0.25) is 5.91 Å². The average molecular weight is 1130 g/mol. The van der Waals surface area contributed by atoms with Gasteiger partial charge in [-0.05, 0) is 64.2 Å². The van der Waals surface area contributed by atoms with Gasteiger partial charge in [0.1, 0.15) is 13.2 Å². The number of allylic oxidation sites excluding steroid dienone is 7. The van der Waals surface area contributed by atoms with Gasteiger partial charge < -0.3 is 28.8 Å². The third kappa shape index (κ3) is 63.9. The number of unbranched alkanes of at least 4 members (excludes halogenated alkanes) is 45. The van der Waals surface area contributed by atoms with Gasteiger partial charge in [-0.15, -0.1) is 0 Å². The lowest BCUT2D eigenvalue weighted by atomic mass is 10.0. The number of phosphoric acid groups is 1. The van der Waals surface area contributed by atoms with Gasteiger partial charge in [0.05, 0.1) is 39.9 Å². The Balaban J connectivity index is 4.09. The van der Waals surface area contributed by atoms with Crippen LogP contribution in [-0.4, -0.2) is 68.5 Å². The second-order valence-corrected chi connectivity index (χ2v) is 26.3. The molecule has 0 saturated carbocycles. The Morgan fingerprint density at radius 1 is 0.443 bits per heavy atom. The first kappa shape index (κ1) is 77.5. The van der Waals surface area contributed by atoms with Gasteiger partial charge in [-0.25, -0.2) is 0 Å². The maximum atomic E-state index is 13.0. The van der Waals surface area contributed by atoms with E-state index in [1.165, 1.54) is 276 Å². The molecule has 79 heavy (non-hydrogen) atoms. The molecule has 2 N–H and O–H groups in total.